The van der Waals surface area contributed by atoms with E-state index in [2.05, 4.69) is 85.1 Å². The average Bonchev–Trinajstić information content (AvgIpc) is 1.03. The van der Waals surface area contributed by atoms with Crippen LogP contribution in [0.1, 0.15) is 157 Å². The molecule has 1 heterocycles. The molecule has 16 N–H and O–H groups in total. The van der Waals surface area contributed by atoms with E-state index in [9.17, 15) is 38.4 Å². The number of nitrogens with one attached hydrogen (secondary N) is 16. The van der Waals surface area contributed by atoms with Crippen LogP contribution in [0.15, 0.2) is 182 Å². The van der Waals surface area contributed by atoms with Gasteiger partial charge in [-0.25, -0.2) is 24.0 Å². The number of rotatable bonds is 46. The molecule has 16 amide bonds. The molecule has 1 fully saturated rings. The number of amides is 16. The first kappa shape index (κ1) is 116. The molecule has 11 atom stereocenters. The Morgan fingerprint density at radius 1 is 0.368 bits per heavy atom. The molecule has 0 bridgehead atoms. The summed E-state index contributed by atoms with van der Waals surface area (Å²) >= 11 is 31.8. The van der Waals surface area contributed by atoms with Gasteiger partial charge >= 0.3 is 30.5 Å². The second-order valence-corrected chi connectivity index (χ2v) is 36.3. The van der Waals surface area contributed by atoms with Crippen LogP contribution in [-0.4, -0.2) is 201 Å². The van der Waals surface area contributed by atoms with E-state index in [1.807, 2.05) is 6.92 Å². The topological polar surface area (TPSA) is 521 Å². The van der Waals surface area contributed by atoms with Crippen LogP contribution in [0.25, 0.3) is 0 Å². The Labute approximate surface area is 860 Å². The second-order valence-electron chi connectivity index (χ2n) is 34.2. The molecule has 776 valence electrons. The second kappa shape index (κ2) is 62.8. The molecule has 0 aliphatic carbocycles. The number of benzene rings is 7. The van der Waals surface area contributed by atoms with Crippen LogP contribution >= 0.6 is 58.0 Å². The first-order valence-corrected chi connectivity index (χ1v) is 49.3. The number of hydrogen-bond donors (Lipinski definition) is 16. The maximum Gasteiger partial charge on any atom is 0.407 e. The van der Waals surface area contributed by atoms with Crippen LogP contribution in [0.4, 0.5) is 24.0 Å². The zero-order valence-corrected chi connectivity index (χ0v) is 84.3. The van der Waals surface area contributed by atoms with E-state index in [0.717, 1.165) is 19.3 Å². The normalized spacial score (nSPS) is 17.4. The smallest absolute Gasteiger partial charge is 0.407 e. The van der Waals surface area contributed by atoms with Crippen LogP contribution in [0.2, 0.25) is 25.1 Å². The molecule has 0 spiro atoms. The monoisotopic (exact) mass is 2090 g/mol. The highest BCUT2D eigenvalue weighted by Gasteiger charge is 2.39. The van der Waals surface area contributed by atoms with Gasteiger partial charge in [-0.2, -0.15) is 0 Å². The first-order valence-electron chi connectivity index (χ1n) is 47.4. The number of ether oxygens (including phenoxy) is 6. The van der Waals surface area contributed by atoms with Crippen LogP contribution < -0.4 is 85.1 Å². The van der Waals surface area contributed by atoms with Gasteiger partial charge in [0.1, 0.15) is 93.5 Å². The summed E-state index contributed by atoms with van der Waals surface area (Å²) in [6, 6.07) is 32.5. The lowest BCUT2D eigenvalue weighted by atomic mass is 10.00. The summed E-state index contributed by atoms with van der Waals surface area (Å²) in [5, 5.41) is 43.5. The van der Waals surface area contributed by atoms with E-state index in [0.29, 0.717) is 66.9 Å². The van der Waals surface area contributed by atoms with Gasteiger partial charge in [-0.15, -0.1) is 0 Å². The zero-order chi connectivity index (χ0) is 104. The van der Waals surface area contributed by atoms with E-state index in [1.165, 1.54) is 13.8 Å². The highest BCUT2D eigenvalue weighted by atomic mass is 35.5. The van der Waals surface area contributed by atoms with Crippen molar-refractivity contribution in [3.63, 3.8) is 0 Å². The molecule has 43 heteroatoms. The summed E-state index contributed by atoms with van der Waals surface area (Å²) in [5.74, 6) is -11.7. The standard InChI is InChI=1S/C101H125Cl5N16O22/c1-6-7-8-9-16-41-85(123)114-77(43-49-108-97(134)140-57-67-31-17-22-36-72(67)102)93(130)122-86(64(5)139-56-66-29-14-11-15-30-66)96(133)119-82(47-53-112-101(138)144-61-71-35-21-26-40-76(71)106)91(128)116-79-42-48-107-87(124)63(4)113-88(125)78(44-50-109-98(135)141-58-68-32-18-23-37-73(68)103)115-90(127)80(45-51-110-99(136)142-59-69-33-19-24-38-74(69)104)118-94(131)83(54-62(2)3)120-95(132)84(55-65-27-12-10-13-28-65)121-92(129)81(117-89(79)126)46-52-111-100(137)143-60-70-34-20-25-39-75(70)105/h10-15,17-40,62-64,77-84,86H,6-9,16,41-61H2,1-5H3,(H,107,124)(H,108,134)(H,109,135)(H,110,136)(H,111,137)(H,112,138)(H,113,125)(H,114,123)(H,115,127)(H,116,128)(H,117,126)(H,118,131)(H,119,133)(H,120,132)(H,121,129)(H,122,130)/t63-,64+,77-,78-,79-,80-,81-,82-,83-,84+,86-/m0/s1. The van der Waals surface area contributed by atoms with Gasteiger partial charge in [0.15, 0.2) is 0 Å². The van der Waals surface area contributed by atoms with Crippen molar-refractivity contribution in [1.82, 2.24) is 85.1 Å². The highest BCUT2D eigenvalue weighted by Crippen LogP contribution is 2.23. The number of carbonyl (C=O) groups is 16. The van der Waals surface area contributed by atoms with Gasteiger partial charge in [-0.3, -0.25) is 52.7 Å². The Morgan fingerprint density at radius 2 is 0.722 bits per heavy atom. The van der Waals surface area contributed by atoms with Crippen molar-refractivity contribution in [2.24, 2.45) is 5.92 Å². The third-order valence-corrected chi connectivity index (χ3v) is 24.4. The van der Waals surface area contributed by atoms with Crippen molar-refractivity contribution in [3.05, 3.63) is 246 Å². The molecule has 8 rings (SSSR count). The van der Waals surface area contributed by atoms with E-state index in [-0.39, 0.29) is 81.9 Å². The molecular formula is C101H125Cl5N16O22. The molecule has 0 aromatic heterocycles. The fourth-order valence-corrected chi connectivity index (χ4v) is 15.4. The molecule has 0 saturated carbocycles. The summed E-state index contributed by atoms with van der Waals surface area (Å²) in [6.45, 7) is 3.86. The largest absolute Gasteiger partial charge is 0.445 e. The number of carbonyl (C=O) groups excluding carboxylic acids is 16. The van der Waals surface area contributed by atoms with Crippen LogP contribution in [0, 0.1) is 5.92 Å². The van der Waals surface area contributed by atoms with Crippen LogP contribution in [0.5, 0.6) is 0 Å². The molecular weight excluding hydrogens is 1970 g/mol. The number of hydrogen-bond acceptors (Lipinski definition) is 22. The predicted molar refractivity (Wildman–Crippen MR) is 538 cm³/mol. The molecule has 1 saturated heterocycles. The van der Waals surface area contributed by atoms with Gasteiger partial charge in [-0.05, 0) is 113 Å². The highest BCUT2D eigenvalue weighted by molar-refractivity contribution is 6.32. The molecule has 1 aliphatic rings. The minimum atomic E-state index is -1.95. The third kappa shape index (κ3) is 42.2. The predicted octanol–water partition coefficient (Wildman–Crippen LogP) is 10.5. The zero-order valence-electron chi connectivity index (χ0n) is 80.5. The lowest BCUT2D eigenvalue weighted by Gasteiger charge is -2.30. The maximum absolute atomic E-state index is 15.8. The van der Waals surface area contributed by atoms with E-state index in [4.69, 9.17) is 86.4 Å². The van der Waals surface area contributed by atoms with Gasteiger partial charge in [0, 0.05) is 105 Å². The number of alkyl carbamates (subject to hydrolysis) is 5. The lowest BCUT2D eigenvalue weighted by Crippen LogP contribution is -2.62. The van der Waals surface area contributed by atoms with Gasteiger partial charge in [-0.1, -0.05) is 256 Å². The lowest BCUT2D eigenvalue weighted by molar-refractivity contribution is -0.138. The first-order chi connectivity index (χ1) is 69.2. The minimum Gasteiger partial charge on any atom is -0.445 e. The Kier molecular flexibility index (Phi) is 50.5. The quantitative estimate of drug-likeness (QED) is 0.0124. The van der Waals surface area contributed by atoms with Crippen LogP contribution in [-0.2, 0) is 127 Å². The van der Waals surface area contributed by atoms with Crippen LogP contribution in [0.3, 0.4) is 0 Å². The molecule has 1 aliphatic heterocycles. The number of unbranched alkanes of at least 4 members (excludes halogenated alkanes) is 4. The Hall–Kier alpha value is -13.5. The summed E-state index contributed by atoms with van der Waals surface area (Å²) in [6.07, 6.45) is -5.87. The van der Waals surface area contributed by atoms with Crippen molar-refractivity contribution >= 4 is 153 Å². The molecule has 0 radical (unpaired) electrons. The van der Waals surface area contributed by atoms with E-state index in [1.54, 1.807) is 196 Å². The SMILES string of the molecule is CCCCCCCC(=O)N[C@@H](CCNC(=O)OCc1ccccc1Cl)C(=O)N[C@H](C(=O)N[C@@H](CCNC(=O)OCc1ccccc1Cl)C(=O)N[C@H]1CCNC(=O)[C@H](C)NC(=O)[C@H](CCNC(=O)OCc2ccccc2Cl)NC(=O)[C@H](CCNC(=O)OCc2ccccc2Cl)NC(=O)[C@H](CC(C)C)NC(=O)[C@@H](Cc2ccccc2)NC(=O)[C@H](CCNC(=O)OCc2ccccc2Cl)NC1=O)[C@@H](C)OCc1ccccc1. The Balaban J connectivity index is 1.19. The number of halogens is 5. The third-order valence-electron chi connectivity index (χ3n) is 22.6. The molecule has 144 heavy (non-hydrogen) atoms. The Morgan fingerprint density at radius 3 is 1.14 bits per heavy atom. The molecule has 7 aromatic carbocycles. The molecule has 7 aromatic rings. The van der Waals surface area contributed by atoms with Gasteiger partial charge in [0.05, 0.1) is 12.7 Å². The van der Waals surface area contributed by atoms with Crippen molar-refractivity contribution in [2.75, 3.05) is 39.3 Å². The van der Waals surface area contributed by atoms with Crippen molar-refractivity contribution in [1.29, 1.82) is 0 Å². The van der Waals surface area contributed by atoms with E-state index < -0.39 is 233 Å². The van der Waals surface area contributed by atoms with Gasteiger partial charge < -0.3 is 113 Å². The summed E-state index contributed by atoms with van der Waals surface area (Å²) in [7, 11) is 0. The van der Waals surface area contributed by atoms with Gasteiger partial charge in [0.25, 0.3) is 0 Å². The maximum atomic E-state index is 15.8. The van der Waals surface area contributed by atoms with Crippen molar-refractivity contribution in [2.45, 2.75) is 231 Å². The van der Waals surface area contributed by atoms with Crippen molar-refractivity contribution < 1.29 is 105 Å². The summed E-state index contributed by atoms with van der Waals surface area (Å²) in [5.41, 5.74) is 3.29. The fraction of sp³-hybridized carbons (Fsp3) is 0.426. The summed E-state index contributed by atoms with van der Waals surface area (Å²) < 4.78 is 33.6. The minimum absolute atomic E-state index is 0.0121. The molecule has 38 nitrogen and oxygen atoms in total. The van der Waals surface area contributed by atoms with E-state index >= 15 is 38.4 Å². The average molecular weight is 2090 g/mol. The Bertz CT molecular complexity index is 5430. The van der Waals surface area contributed by atoms with Crippen molar-refractivity contribution in [3.8, 4) is 0 Å². The summed E-state index contributed by atoms with van der Waals surface area (Å²) in [4.78, 5) is 234. The fourth-order valence-electron chi connectivity index (χ4n) is 14.5. The molecule has 0 unspecified atom stereocenters. The van der Waals surface area contributed by atoms with Gasteiger partial charge in [0.2, 0.25) is 65.0 Å².